The highest BCUT2D eigenvalue weighted by atomic mass is 16.8. The van der Waals surface area contributed by atoms with E-state index >= 15 is 0 Å². The van der Waals surface area contributed by atoms with Crippen molar-refractivity contribution < 1.29 is 23.7 Å². The molecule has 2 heterocycles. The number of hydrogen-bond donors (Lipinski definition) is 2. The molecule has 2 N–H and O–H groups in total. The number of unbranched alkanes of at least 4 members (excludes halogenated alkanes) is 7. The maximum atomic E-state index is 12.5. The molecule has 2 aliphatic heterocycles. The first kappa shape index (κ1) is 27.4. The lowest BCUT2D eigenvalue weighted by molar-refractivity contribution is -0.247. The van der Waals surface area contributed by atoms with Crippen molar-refractivity contribution in [1.82, 2.24) is 5.32 Å². The lowest BCUT2D eigenvalue weighted by atomic mass is 9.94. The number of ether oxygens (including phenoxy) is 4. The van der Waals surface area contributed by atoms with Gasteiger partial charge in [0, 0.05) is 31.7 Å². The Morgan fingerprint density at radius 3 is 2.39 bits per heavy atom. The molecule has 1 aliphatic carbocycles. The summed E-state index contributed by atoms with van der Waals surface area (Å²) in [6.07, 6.45) is 14.1. The zero-order valence-corrected chi connectivity index (χ0v) is 22.3. The van der Waals surface area contributed by atoms with Crippen LogP contribution in [0.25, 0.3) is 0 Å². The molecule has 3 fully saturated rings. The number of hydrogen-bond acceptors (Lipinski definition) is 5. The highest BCUT2D eigenvalue weighted by Crippen LogP contribution is 2.45. The van der Waals surface area contributed by atoms with Crippen LogP contribution in [0.15, 0.2) is 24.3 Å². The molecule has 0 aromatic heterocycles. The first-order chi connectivity index (χ1) is 17.6. The lowest BCUT2D eigenvalue weighted by Gasteiger charge is -2.34. The van der Waals surface area contributed by atoms with Crippen LogP contribution in [0, 0.1) is 6.92 Å². The van der Waals surface area contributed by atoms with Gasteiger partial charge < -0.3 is 29.6 Å². The first-order valence-corrected chi connectivity index (χ1v) is 14.3. The maximum absolute atomic E-state index is 12.5. The summed E-state index contributed by atoms with van der Waals surface area (Å²) in [5.41, 5.74) is 1.91. The van der Waals surface area contributed by atoms with E-state index < -0.39 is 12.1 Å². The topological polar surface area (TPSA) is 78.1 Å². The van der Waals surface area contributed by atoms with Crippen molar-refractivity contribution in [2.24, 2.45) is 0 Å². The summed E-state index contributed by atoms with van der Waals surface area (Å²) in [6.45, 7) is 5.29. The van der Waals surface area contributed by atoms with E-state index in [4.69, 9.17) is 18.9 Å². The molecular weight excluding hydrogens is 456 g/mol. The molecule has 0 unspecified atom stereocenters. The van der Waals surface area contributed by atoms with E-state index in [0.717, 1.165) is 43.4 Å². The molecule has 0 bridgehead atoms. The quantitative estimate of drug-likeness (QED) is 0.303. The van der Waals surface area contributed by atoms with Gasteiger partial charge in [-0.05, 0) is 38.3 Å². The Bertz CT molecular complexity index is 795. The summed E-state index contributed by atoms with van der Waals surface area (Å²) in [6, 6.07) is 7.48. The third kappa shape index (κ3) is 7.67. The molecule has 1 aromatic carbocycles. The fraction of sp³-hybridized carbons (Fsp3) is 0.759. The largest absolute Gasteiger partial charge is 0.373 e. The van der Waals surface area contributed by atoms with Crippen LogP contribution in [-0.4, -0.2) is 49.6 Å². The molecular formula is C29H46N2O5. The summed E-state index contributed by atoms with van der Waals surface area (Å²) >= 11 is 0. The average molecular weight is 503 g/mol. The van der Waals surface area contributed by atoms with Crippen molar-refractivity contribution in [3.63, 3.8) is 0 Å². The molecule has 2 saturated heterocycles. The number of fused-ring (bicyclic) bond motifs is 1. The number of aryl methyl sites for hydroxylation is 1. The van der Waals surface area contributed by atoms with E-state index in [-0.39, 0.29) is 24.3 Å². The molecule has 7 nitrogen and oxygen atoms in total. The summed E-state index contributed by atoms with van der Waals surface area (Å²) in [4.78, 5) is 12.5. The molecule has 7 heteroatoms. The van der Waals surface area contributed by atoms with Gasteiger partial charge in [-0.25, -0.2) is 4.79 Å². The molecule has 202 valence electrons. The van der Waals surface area contributed by atoms with Crippen LogP contribution in [0.2, 0.25) is 0 Å². The number of benzene rings is 1. The van der Waals surface area contributed by atoms with Crippen molar-refractivity contribution in [3.8, 4) is 0 Å². The zero-order chi connectivity index (χ0) is 25.2. The van der Waals surface area contributed by atoms with Gasteiger partial charge in [0.2, 0.25) is 0 Å². The van der Waals surface area contributed by atoms with Crippen LogP contribution in [0.1, 0.15) is 96.0 Å². The summed E-state index contributed by atoms with van der Waals surface area (Å²) in [7, 11) is 0. The average Bonchev–Trinajstić information content (AvgIpc) is 3.37. The normalized spacial score (nSPS) is 26.7. The lowest BCUT2D eigenvalue weighted by Crippen LogP contribution is -2.45. The van der Waals surface area contributed by atoms with Gasteiger partial charge >= 0.3 is 6.03 Å². The van der Waals surface area contributed by atoms with Gasteiger partial charge in [-0.15, -0.1) is 0 Å². The van der Waals surface area contributed by atoms with E-state index in [1.807, 2.05) is 31.2 Å². The van der Waals surface area contributed by atoms with Crippen molar-refractivity contribution in [1.29, 1.82) is 0 Å². The molecule has 2 amide bonds. The predicted octanol–water partition coefficient (Wildman–Crippen LogP) is 6.44. The molecule has 1 saturated carbocycles. The number of carbonyl (C=O) groups is 1. The Morgan fingerprint density at radius 1 is 0.972 bits per heavy atom. The number of amides is 2. The molecule has 3 aliphatic rings. The Labute approximate surface area is 217 Å². The van der Waals surface area contributed by atoms with E-state index in [0.29, 0.717) is 13.2 Å². The standard InChI is InChI=1S/C29H46N2O5/c1-3-4-5-6-7-8-9-13-20-33-25-24(21-30-28(32)31-23-16-14-22(2)15-17-23)34-27-26(25)35-29(36-27)18-11-10-12-19-29/h14-17,24-27H,3-13,18-21H2,1-2H3,(H2,30,31,32)/t24-,25+,26-,27-/m1/s1. The zero-order valence-electron chi connectivity index (χ0n) is 22.3. The smallest absolute Gasteiger partial charge is 0.319 e. The minimum absolute atomic E-state index is 0.246. The molecule has 0 radical (unpaired) electrons. The fourth-order valence-corrected chi connectivity index (χ4v) is 5.55. The number of rotatable bonds is 13. The van der Waals surface area contributed by atoms with Gasteiger partial charge in [-0.2, -0.15) is 0 Å². The second-order valence-electron chi connectivity index (χ2n) is 10.7. The van der Waals surface area contributed by atoms with Crippen molar-refractivity contribution in [2.75, 3.05) is 18.5 Å². The van der Waals surface area contributed by atoms with Gasteiger partial charge in [0.1, 0.15) is 18.3 Å². The Kier molecular flexibility index (Phi) is 10.5. The molecule has 36 heavy (non-hydrogen) atoms. The van der Waals surface area contributed by atoms with E-state index in [1.165, 1.54) is 51.4 Å². The summed E-state index contributed by atoms with van der Waals surface area (Å²) < 4.78 is 25.5. The Hall–Kier alpha value is -1.67. The first-order valence-electron chi connectivity index (χ1n) is 14.3. The van der Waals surface area contributed by atoms with Gasteiger partial charge in [-0.3, -0.25) is 0 Å². The van der Waals surface area contributed by atoms with Crippen LogP contribution in [0.5, 0.6) is 0 Å². The molecule has 4 rings (SSSR count). The van der Waals surface area contributed by atoms with Crippen LogP contribution in [0.4, 0.5) is 10.5 Å². The van der Waals surface area contributed by atoms with Gasteiger partial charge in [0.05, 0.1) is 0 Å². The third-order valence-corrected chi connectivity index (χ3v) is 7.65. The number of nitrogens with one attached hydrogen (secondary N) is 2. The molecule has 4 atom stereocenters. The Morgan fingerprint density at radius 2 is 1.67 bits per heavy atom. The molecule has 1 aromatic rings. The van der Waals surface area contributed by atoms with Crippen molar-refractivity contribution in [2.45, 2.75) is 128 Å². The van der Waals surface area contributed by atoms with Crippen molar-refractivity contribution >= 4 is 11.7 Å². The van der Waals surface area contributed by atoms with Crippen LogP contribution in [0.3, 0.4) is 0 Å². The highest BCUT2D eigenvalue weighted by molar-refractivity contribution is 5.89. The molecule has 1 spiro atoms. The summed E-state index contributed by atoms with van der Waals surface area (Å²) in [5.74, 6) is -0.519. The summed E-state index contributed by atoms with van der Waals surface area (Å²) in [5, 5.41) is 5.83. The van der Waals surface area contributed by atoms with Gasteiger partial charge in [0.25, 0.3) is 0 Å². The number of anilines is 1. The minimum Gasteiger partial charge on any atom is -0.373 e. The van der Waals surface area contributed by atoms with E-state index in [1.54, 1.807) is 0 Å². The monoisotopic (exact) mass is 502 g/mol. The van der Waals surface area contributed by atoms with E-state index in [2.05, 4.69) is 17.6 Å². The van der Waals surface area contributed by atoms with Gasteiger partial charge in [0.15, 0.2) is 12.1 Å². The second-order valence-corrected chi connectivity index (χ2v) is 10.7. The van der Waals surface area contributed by atoms with E-state index in [9.17, 15) is 4.79 Å². The minimum atomic E-state index is -0.519. The maximum Gasteiger partial charge on any atom is 0.319 e. The fourth-order valence-electron chi connectivity index (χ4n) is 5.55. The number of urea groups is 1. The SMILES string of the molecule is CCCCCCCCCCO[C@@H]1[C@H]2OC3(CCCCC3)O[C@H]2O[C@@H]1CNC(=O)Nc1ccc(C)cc1. The van der Waals surface area contributed by atoms with Crippen LogP contribution < -0.4 is 10.6 Å². The number of carbonyl (C=O) groups excluding carboxylic acids is 1. The van der Waals surface area contributed by atoms with Gasteiger partial charge in [-0.1, -0.05) is 76.0 Å². The van der Waals surface area contributed by atoms with Crippen molar-refractivity contribution in [3.05, 3.63) is 29.8 Å². The third-order valence-electron chi connectivity index (χ3n) is 7.65. The second kappa shape index (κ2) is 13.8. The Balaban J connectivity index is 1.25. The van der Waals surface area contributed by atoms with Crippen LogP contribution in [-0.2, 0) is 18.9 Å². The van der Waals surface area contributed by atoms with Crippen LogP contribution >= 0.6 is 0 Å². The highest BCUT2D eigenvalue weighted by Gasteiger charge is 2.58. The predicted molar refractivity (Wildman–Crippen MR) is 141 cm³/mol.